The minimum atomic E-state index is -4.37. The third-order valence-electron chi connectivity index (χ3n) is 3.38. The van der Waals surface area contributed by atoms with E-state index in [1.807, 2.05) is 0 Å². The van der Waals surface area contributed by atoms with Crippen LogP contribution in [0.1, 0.15) is 27.3 Å². The highest BCUT2D eigenvalue weighted by Crippen LogP contribution is 2.30. The molecule has 6 heteroatoms. The van der Waals surface area contributed by atoms with Crippen LogP contribution in [0.5, 0.6) is 0 Å². The lowest BCUT2D eigenvalue weighted by Gasteiger charge is -2.08. The number of hydrogen-bond donors (Lipinski definition) is 0. The van der Waals surface area contributed by atoms with E-state index in [9.17, 15) is 18.0 Å². The monoisotopic (exact) mass is 304 g/mol. The topological polar surface area (TPSA) is 34.4 Å². The predicted octanol–water partition coefficient (Wildman–Crippen LogP) is 3.76. The Morgan fingerprint density at radius 1 is 1.18 bits per heavy atom. The Kier molecular flexibility index (Phi) is 3.44. The SMILES string of the molecule is O=Cc1ccc2cnc(Cc3cccc(C(F)(F)F)c3)n2c1. The van der Waals surface area contributed by atoms with Crippen LogP contribution in [0.15, 0.2) is 48.8 Å². The minimum Gasteiger partial charge on any atom is -0.303 e. The summed E-state index contributed by atoms with van der Waals surface area (Å²) < 4.78 is 39.9. The van der Waals surface area contributed by atoms with Crippen LogP contribution in [0.4, 0.5) is 13.2 Å². The van der Waals surface area contributed by atoms with Crippen LogP contribution in [-0.2, 0) is 12.6 Å². The van der Waals surface area contributed by atoms with Crippen molar-refractivity contribution in [2.45, 2.75) is 12.6 Å². The normalized spacial score (nSPS) is 11.8. The van der Waals surface area contributed by atoms with Gasteiger partial charge in [-0.05, 0) is 23.8 Å². The molecular weight excluding hydrogens is 293 g/mol. The van der Waals surface area contributed by atoms with E-state index in [0.717, 1.165) is 17.6 Å². The first-order chi connectivity index (χ1) is 10.5. The zero-order valence-corrected chi connectivity index (χ0v) is 11.3. The van der Waals surface area contributed by atoms with E-state index in [0.29, 0.717) is 23.2 Å². The molecule has 0 amide bonds. The van der Waals surface area contributed by atoms with E-state index in [2.05, 4.69) is 4.98 Å². The fourth-order valence-corrected chi connectivity index (χ4v) is 2.30. The number of fused-ring (bicyclic) bond motifs is 1. The molecule has 0 aliphatic rings. The predicted molar refractivity (Wildman–Crippen MR) is 74.8 cm³/mol. The standard InChI is InChI=1S/C16H11F3N2O/c17-16(18,19)13-3-1-2-11(6-13)7-15-20-8-14-5-4-12(10-22)9-21(14)15/h1-6,8-10H,7H2. The summed E-state index contributed by atoms with van der Waals surface area (Å²) in [5.41, 5.74) is 1.10. The van der Waals surface area contributed by atoms with Gasteiger partial charge in [0.15, 0.2) is 6.29 Å². The molecule has 0 unspecified atom stereocenters. The van der Waals surface area contributed by atoms with Gasteiger partial charge in [-0.2, -0.15) is 13.2 Å². The molecule has 22 heavy (non-hydrogen) atoms. The van der Waals surface area contributed by atoms with Gasteiger partial charge in [-0.1, -0.05) is 18.2 Å². The molecule has 0 aliphatic carbocycles. The number of pyridine rings is 1. The molecule has 0 saturated carbocycles. The Labute approximate surface area is 124 Å². The second kappa shape index (κ2) is 5.29. The van der Waals surface area contributed by atoms with Crippen molar-refractivity contribution in [3.63, 3.8) is 0 Å². The Balaban J connectivity index is 1.98. The van der Waals surface area contributed by atoms with Gasteiger partial charge in [0.05, 0.1) is 17.3 Å². The van der Waals surface area contributed by atoms with Crippen molar-refractivity contribution < 1.29 is 18.0 Å². The van der Waals surface area contributed by atoms with Crippen molar-refractivity contribution >= 4 is 11.8 Å². The summed E-state index contributed by atoms with van der Waals surface area (Å²) >= 11 is 0. The quantitative estimate of drug-likeness (QED) is 0.691. The smallest absolute Gasteiger partial charge is 0.303 e. The van der Waals surface area contributed by atoms with E-state index in [1.165, 1.54) is 6.07 Å². The lowest BCUT2D eigenvalue weighted by molar-refractivity contribution is -0.137. The number of hydrogen-bond acceptors (Lipinski definition) is 2. The zero-order chi connectivity index (χ0) is 15.7. The molecule has 2 aromatic heterocycles. The minimum absolute atomic E-state index is 0.250. The van der Waals surface area contributed by atoms with E-state index in [4.69, 9.17) is 0 Å². The molecule has 3 aromatic rings. The first kappa shape index (κ1) is 14.3. The molecule has 1 aromatic carbocycles. The van der Waals surface area contributed by atoms with Gasteiger partial charge in [0.25, 0.3) is 0 Å². The number of aldehydes is 1. The number of carbonyl (C=O) groups is 1. The first-order valence-electron chi connectivity index (χ1n) is 6.55. The van der Waals surface area contributed by atoms with Crippen LogP contribution in [0.3, 0.4) is 0 Å². The molecule has 0 fully saturated rings. The summed E-state index contributed by atoms with van der Waals surface area (Å²) in [7, 11) is 0. The molecule has 0 saturated heterocycles. The van der Waals surface area contributed by atoms with E-state index in [-0.39, 0.29) is 6.42 Å². The summed E-state index contributed by atoms with van der Waals surface area (Å²) in [6, 6.07) is 8.57. The van der Waals surface area contributed by atoms with Gasteiger partial charge in [-0.25, -0.2) is 4.98 Å². The lowest BCUT2D eigenvalue weighted by atomic mass is 10.1. The molecule has 3 nitrogen and oxygen atoms in total. The van der Waals surface area contributed by atoms with Crippen molar-refractivity contribution in [3.05, 3.63) is 71.3 Å². The van der Waals surface area contributed by atoms with E-state index >= 15 is 0 Å². The highest BCUT2D eigenvalue weighted by atomic mass is 19.4. The Bertz CT molecular complexity index is 837. The number of nitrogens with zero attached hydrogens (tertiary/aromatic N) is 2. The molecule has 0 spiro atoms. The maximum absolute atomic E-state index is 12.7. The molecular formula is C16H11F3N2O. The van der Waals surface area contributed by atoms with Crippen LogP contribution < -0.4 is 0 Å². The number of imidazole rings is 1. The summed E-state index contributed by atoms with van der Waals surface area (Å²) in [5, 5.41) is 0. The summed E-state index contributed by atoms with van der Waals surface area (Å²) in [6.45, 7) is 0. The van der Waals surface area contributed by atoms with E-state index in [1.54, 1.807) is 35.0 Å². The first-order valence-corrected chi connectivity index (χ1v) is 6.55. The zero-order valence-electron chi connectivity index (χ0n) is 11.3. The fraction of sp³-hybridized carbons (Fsp3) is 0.125. The highest BCUT2D eigenvalue weighted by Gasteiger charge is 2.30. The van der Waals surface area contributed by atoms with Gasteiger partial charge in [0, 0.05) is 18.2 Å². The van der Waals surface area contributed by atoms with Crippen LogP contribution in [0.25, 0.3) is 5.52 Å². The van der Waals surface area contributed by atoms with Gasteiger partial charge in [0.2, 0.25) is 0 Å². The molecule has 0 N–H and O–H groups in total. The third kappa shape index (κ3) is 2.72. The Morgan fingerprint density at radius 3 is 2.73 bits per heavy atom. The average Bonchev–Trinajstić information content (AvgIpc) is 2.89. The number of halogens is 3. The van der Waals surface area contributed by atoms with Gasteiger partial charge >= 0.3 is 6.18 Å². The summed E-state index contributed by atoms with van der Waals surface area (Å²) in [4.78, 5) is 15.1. The molecule has 0 atom stereocenters. The van der Waals surface area contributed by atoms with Gasteiger partial charge < -0.3 is 4.40 Å². The van der Waals surface area contributed by atoms with Crippen LogP contribution in [0.2, 0.25) is 0 Å². The highest BCUT2D eigenvalue weighted by molar-refractivity contribution is 5.75. The van der Waals surface area contributed by atoms with Gasteiger partial charge in [-0.15, -0.1) is 0 Å². The molecule has 2 heterocycles. The molecule has 0 aliphatic heterocycles. The lowest BCUT2D eigenvalue weighted by Crippen LogP contribution is -2.06. The van der Waals surface area contributed by atoms with Crippen LogP contribution in [0, 0.1) is 0 Å². The Hall–Kier alpha value is -2.63. The van der Waals surface area contributed by atoms with E-state index < -0.39 is 11.7 Å². The van der Waals surface area contributed by atoms with Gasteiger partial charge in [0.1, 0.15) is 5.82 Å². The van der Waals surface area contributed by atoms with Crippen molar-refractivity contribution in [1.29, 1.82) is 0 Å². The number of rotatable bonds is 3. The molecule has 0 radical (unpaired) electrons. The van der Waals surface area contributed by atoms with Crippen LogP contribution >= 0.6 is 0 Å². The largest absolute Gasteiger partial charge is 0.416 e. The maximum atomic E-state index is 12.7. The maximum Gasteiger partial charge on any atom is 0.416 e. The van der Waals surface area contributed by atoms with Gasteiger partial charge in [-0.3, -0.25) is 4.79 Å². The number of carbonyl (C=O) groups excluding carboxylic acids is 1. The third-order valence-corrected chi connectivity index (χ3v) is 3.38. The summed E-state index contributed by atoms with van der Waals surface area (Å²) in [5.74, 6) is 0.582. The van der Waals surface area contributed by atoms with Crippen molar-refractivity contribution in [1.82, 2.24) is 9.38 Å². The average molecular weight is 304 g/mol. The molecule has 112 valence electrons. The number of alkyl halides is 3. The van der Waals surface area contributed by atoms with Crippen molar-refractivity contribution in [3.8, 4) is 0 Å². The molecule has 3 rings (SSSR count). The number of aromatic nitrogens is 2. The second-order valence-corrected chi connectivity index (χ2v) is 4.92. The van der Waals surface area contributed by atoms with Crippen LogP contribution in [-0.4, -0.2) is 15.7 Å². The second-order valence-electron chi connectivity index (χ2n) is 4.92. The summed E-state index contributed by atoms with van der Waals surface area (Å²) in [6.07, 6.45) is -0.154. The van der Waals surface area contributed by atoms with Crippen molar-refractivity contribution in [2.75, 3.05) is 0 Å². The number of benzene rings is 1. The Morgan fingerprint density at radius 2 is 2.00 bits per heavy atom. The molecule has 0 bridgehead atoms. The van der Waals surface area contributed by atoms with Crippen molar-refractivity contribution in [2.24, 2.45) is 0 Å². The fourth-order valence-electron chi connectivity index (χ4n) is 2.30.